The summed E-state index contributed by atoms with van der Waals surface area (Å²) in [5.74, 6) is 2.61. The lowest BCUT2D eigenvalue weighted by molar-refractivity contribution is 0.288. The number of hydrogen-bond donors (Lipinski definition) is 1. The second-order valence-corrected chi connectivity index (χ2v) is 4.43. The molecule has 1 nitrogen and oxygen atoms in total. The van der Waals surface area contributed by atoms with Gasteiger partial charge in [0.2, 0.25) is 0 Å². The van der Waals surface area contributed by atoms with Crippen LogP contribution in [0.1, 0.15) is 47.0 Å². The van der Waals surface area contributed by atoms with Gasteiger partial charge in [-0.1, -0.05) is 40.5 Å². The summed E-state index contributed by atoms with van der Waals surface area (Å²) in [5, 5.41) is 3.26. The SMILES string of the molecule is CCC(CC)CC(C)C(C)CNC. The number of nitrogens with one attached hydrogen (secondary N) is 1. The molecule has 80 valence electrons. The molecule has 2 unspecified atom stereocenters. The minimum absolute atomic E-state index is 0.811. The van der Waals surface area contributed by atoms with Crippen LogP contribution in [-0.4, -0.2) is 13.6 Å². The molecule has 0 heterocycles. The minimum atomic E-state index is 0.811. The van der Waals surface area contributed by atoms with Crippen molar-refractivity contribution in [2.24, 2.45) is 17.8 Å². The second-order valence-electron chi connectivity index (χ2n) is 4.43. The van der Waals surface area contributed by atoms with Crippen LogP contribution in [0, 0.1) is 17.8 Å². The molecule has 1 heteroatoms. The molecule has 0 aliphatic heterocycles. The van der Waals surface area contributed by atoms with Gasteiger partial charge in [0.15, 0.2) is 0 Å². The zero-order valence-corrected chi connectivity index (χ0v) is 10.1. The van der Waals surface area contributed by atoms with Gasteiger partial charge < -0.3 is 5.32 Å². The monoisotopic (exact) mass is 185 g/mol. The van der Waals surface area contributed by atoms with E-state index in [1.54, 1.807) is 0 Å². The molecule has 0 saturated carbocycles. The van der Waals surface area contributed by atoms with Gasteiger partial charge in [-0.05, 0) is 37.8 Å². The van der Waals surface area contributed by atoms with Crippen molar-refractivity contribution in [3.63, 3.8) is 0 Å². The number of rotatable bonds is 7. The summed E-state index contributed by atoms with van der Waals surface area (Å²) in [7, 11) is 2.04. The Morgan fingerprint density at radius 2 is 1.54 bits per heavy atom. The molecular weight excluding hydrogens is 158 g/mol. The highest BCUT2D eigenvalue weighted by molar-refractivity contribution is 4.67. The van der Waals surface area contributed by atoms with Gasteiger partial charge in [0.25, 0.3) is 0 Å². The van der Waals surface area contributed by atoms with E-state index in [0.29, 0.717) is 0 Å². The summed E-state index contributed by atoms with van der Waals surface area (Å²) < 4.78 is 0. The van der Waals surface area contributed by atoms with E-state index < -0.39 is 0 Å². The van der Waals surface area contributed by atoms with Gasteiger partial charge in [0.05, 0.1) is 0 Å². The smallest absolute Gasteiger partial charge is 0.00236 e. The molecule has 0 bridgehead atoms. The zero-order chi connectivity index (χ0) is 10.3. The van der Waals surface area contributed by atoms with E-state index in [1.807, 2.05) is 7.05 Å². The molecule has 13 heavy (non-hydrogen) atoms. The van der Waals surface area contributed by atoms with Crippen molar-refractivity contribution in [2.75, 3.05) is 13.6 Å². The van der Waals surface area contributed by atoms with Crippen molar-refractivity contribution >= 4 is 0 Å². The fraction of sp³-hybridized carbons (Fsp3) is 1.00. The molecule has 2 atom stereocenters. The van der Waals surface area contributed by atoms with Crippen LogP contribution in [0.2, 0.25) is 0 Å². The Hall–Kier alpha value is -0.0400. The fourth-order valence-corrected chi connectivity index (χ4v) is 1.90. The van der Waals surface area contributed by atoms with Crippen molar-refractivity contribution in [3.8, 4) is 0 Å². The lowest BCUT2D eigenvalue weighted by atomic mass is 9.84. The van der Waals surface area contributed by atoms with Crippen LogP contribution in [0.3, 0.4) is 0 Å². The van der Waals surface area contributed by atoms with E-state index in [9.17, 15) is 0 Å². The molecule has 0 rings (SSSR count). The van der Waals surface area contributed by atoms with Gasteiger partial charge in [0.1, 0.15) is 0 Å². The minimum Gasteiger partial charge on any atom is -0.319 e. The molecule has 0 amide bonds. The standard InChI is InChI=1S/C12H27N/c1-6-12(7-2)8-10(3)11(4)9-13-5/h10-13H,6-9H2,1-5H3. The summed E-state index contributed by atoms with van der Waals surface area (Å²) in [4.78, 5) is 0. The Morgan fingerprint density at radius 1 is 1.00 bits per heavy atom. The molecule has 1 N–H and O–H groups in total. The predicted octanol–water partition coefficient (Wildman–Crippen LogP) is 3.30. The first-order chi connectivity index (χ1) is 6.15. The van der Waals surface area contributed by atoms with Crippen LogP contribution in [-0.2, 0) is 0 Å². The largest absolute Gasteiger partial charge is 0.319 e. The lowest BCUT2D eigenvalue weighted by Crippen LogP contribution is -2.23. The Balaban J connectivity index is 3.75. The number of hydrogen-bond acceptors (Lipinski definition) is 1. The van der Waals surface area contributed by atoms with E-state index in [-0.39, 0.29) is 0 Å². The quantitative estimate of drug-likeness (QED) is 0.641. The Kier molecular flexibility index (Phi) is 7.35. The average molecular weight is 185 g/mol. The van der Waals surface area contributed by atoms with Crippen LogP contribution in [0.4, 0.5) is 0 Å². The first kappa shape index (κ1) is 13.0. The van der Waals surface area contributed by atoms with Gasteiger partial charge in [0, 0.05) is 0 Å². The molecule has 0 aliphatic carbocycles. The molecule has 0 spiro atoms. The zero-order valence-electron chi connectivity index (χ0n) is 10.1. The third-order valence-corrected chi connectivity index (χ3v) is 3.36. The van der Waals surface area contributed by atoms with Gasteiger partial charge in [-0.3, -0.25) is 0 Å². The third kappa shape index (κ3) is 5.30. The van der Waals surface area contributed by atoms with Crippen LogP contribution in [0.15, 0.2) is 0 Å². The van der Waals surface area contributed by atoms with E-state index >= 15 is 0 Å². The molecule has 0 fully saturated rings. The van der Waals surface area contributed by atoms with E-state index in [2.05, 4.69) is 33.0 Å². The highest BCUT2D eigenvalue weighted by Crippen LogP contribution is 2.23. The van der Waals surface area contributed by atoms with Crippen molar-refractivity contribution < 1.29 is 0 Å². The van der Waals surface area contributed by atoms with E-state index in [0.717, 1.165) is 24.3 Å². The van der Waals surface area contributed by atoms with E-state index in [1.165, 1.54) is 19.3 Å². The van der Waals surface area contributed by atoms with Gasteiger partial charge in [-0.25, -0.2) is 0 Å². The maximum Gasteiger partial charge on any atom is -0.00236 e. The highest BCUT2D eigenvalue weighted by atomic mass is 14.8. The van der Waals surface area contributed by atoms with Gasteiger partial charge in [-0.15, -0.1) is 0 Å². The van der Waals surface area contributed by atoms with Crippen molar-refractivity contribution in [3.05, 3.63) is 0 Å². The van der Waals surface area contributed by atoms with Crippen LogP contribution in [0.5, 0.6) is 0 Å². The summed E-state index contributed by atoms with van der Waals surface area (Å²) >= 11 is 0. The lowest BCUT2D eigenvalue weighted by Gasteiger charge is -2.23. The topological polar surface area (TPSA) is 12.0 Å². The normalized spacial score (nSPS) is 16.2. The summed E-state index contributed by atoms with van der Waals surface area (Å²) in [5.41, 5.74) is 0. The predicted molar refractivity (Wildman–Crippen MR) is 60.9 cm³/mol. The Bertz CT molecular complexity index is 108. The molecule has 0 aromatic rings. The van der Waals surface area contributed by atoms with Gasteiger partial charge in [-0.2, -0.15) is 0 Å². The Labute approximate surface area is 84.3 Å². The maximum atomic E-state index is 3.26. The van der Waals surface area contributed by atoms with Crippen LogP contribution >= 0.6 is 0 Å². The third-order valence-electron chi connectivity index (χ3n) is 3.36. The highest BCUT2D eigenvalue weighted by Gasteiger charge is 2.15. The fourth-order valence-electron chi connectivity index (χ4n) is 1.90. The first-order valence-corrected chi connectivity index (χ1v) is 5.80. The van der Waals surface area contributed by atoms with Crippen molar-refractivity contribution in [2.45, 2.75) is 47.0 Å². The van der Waals surface area contributed by atoms with Crippen LogP contribution < -0.4 is 5.32 Å². The van der Waals surface area contributed by atoms with Crippen molar-refractivity contribution in [1.29, 1.82) is 0 Å². The maximum absolute atomic E-state index is 3.26. The average Bonchev–Trinajstić information content (AvgIpc) is 2.14. The summed E-state index contributed by atoms with van der Waals surface area (Å²) in [6, 6.07) is 0. The molecule has 0 radical (unpaired) electrons. The van der Waals surface area contributed by atoms with Crippen LogP contribution in [0.25, 0.3) is 0 Å². The molecule has 0 saturated heterocycles. The molecule has 0 aliphatic rings. The van der Waals surface area contributed by atoms with Crippen molar-refractivity contribution in [1.82, 2.24) is 5.32 Å². The Morgan fingerprint density at radius 3 is 1.92 bits per heavy atom. The second kappa shape index (κ2) is 7.37. The molecular formula is C12H27N. The molecule has 0 aromatic heterocycles. The molecule has 0 aromatic carbocycles. The summed E-state index contributed by atoms with van der Waals surface area (Å²) in [6.45, 7) is 10.5. The summed E-state index contributed by atoms with van der Waals surface area (Å²) in [6.07, 6.45) is 4.08. The van der Waals surface area contributed by atoms with E-state index in [4.69, 9.17) is 0 Å². The van der Waals surface area contributed by atoms with Gasteiger partial charge >= 0.3 is 0 Å². The first-order valence-electron chi connectivity index (χ1n) is 5.80.